The van der Waals surface area contributed by atoms with Crippen molar-refractivity contribution in [3.8, 4) is 17.2 Å². The maximum Gasteiger partial charge on any atom is 0.416 e. The zero-order valence-corrected chi connectivity index (χ0v) is 12.7. The molecule has 24 heavy (non-hydrogen) atoms. The molecule has 3 aromatic rings. The molecule has 0 unspecified atom stereocenters. The van der Waals surface area contributed by atoms with Gasteiger partial charge in [0.15, 0.2) is 5.75 Å². The summed E-state index contributed by atoms with van der Waals surface area (Å²) in [5.74, 6) is 1.14. The van der Waals surface area contributed by atoms with E-state index < -0.39 is 11.7 Å². The molecule has 0 spiro atoms. The number of aromatic nitrogens is 2. The number of nitrogen functional groups attached to an aromatic ring is 1. The second-order valence-electron chi connectivity index (χ2n) is 5.20. The van der Waals surface area contributed by atoms with Gasteiger partial charge in [-0.2, -0.15) is 13.2 Å². The zero-order valence-electron chi connectivity index (χ0n) is 12.7. The van der Waals surface area contributed by atoms with E-state index >= 15 is 0 Å². The monoisotopic (exact) mass is 333 g/mol. The van der Waals surface area contributed by atoms with Crippen LogP contribution < -0.4 is 10.5 Å². The first kappa shape index (κ1) is 15.9. The van der Waals surface area contributed by atoms with Gasteiger partial charge >= 0.3 is 6.18 Å². The smallest absolute Gasteiger partial charge is 0.416 e. The quantitative estimate of drug-likeness (QED) is 0.714. The van der Waals surface area contributed by atoms with Gasteiger partial charge in [-0.05, 0) is 37.3 Å². The van der Waals surface area contributed by atoms with Crippen molar-refractivity contribution in [1.82, 2.24) is 9.55 Å². The normalized spacial score (nSPS) is 11.5. The lowest BCUT2D eigenvalue weighted by atomic mass is 10.2. The largest absolute Gasteiger partial charge is 0.455 e. The molecular formula is C17H14F3N3O. The highest BCUT2D eigenvalue weighted by molar-refractivity contribution is 5.57. The van der Waals surface area contributed by atoms with E-state index in [1.165, 1.54) is 12.1 Å². The van der Waals surface area contributed by atoms with Crippen molar-refractivity contribution >= 4 is 5.69 Å². The molecule has 0 radical (unpaired) electrons. The standard InChI is InChI=1S/C17H14F3N3O/c1-11-22-7-8-23(11)15-6-5-13(21)10-16(15)24-14-4-2-3-12(9-14)17(18,19)20/h2-10H,21H2,1H3. The number of hydrogen-bond donors (Lipinski definition) is 1. The van der Waals surface area contributed by atoms with Gasteiger partial charge in [0, 0.05) is 24.1 Å². The molecule has 0 fully saturated rings. The molecule has 0 bridgehead atoms. The Bertz CT molecular complexity index is 872. The van der Waals surface area contributed by atoms with Gasteiger partial charge < -0.3 is 15.0 Å². The number of nitrogens with zero attached hydrogens (tertiary/aromatic N) is 2. The number of benzene rings is 2. The predicted molar refractivity (Wildman–Crippen MR) is 84.2 cm³/mol. The van der Waals surface area contributed by atoms with E-state index in [2.05, 4.69) is 4.98 Å². The molecule has 3 rings (SSSR count). The number of nitrogens with two attached hydrogens (primary N) is 1. The van der Waals surface area contributed by atoms with E-state index in [0.717, 1.165) is 12.1 Å². The van der Waals surface area contributed by atoms with Crippen molar-refractivity contribution in [3.63, 3.8) is 0 Å². The van der Waals surface area contributed by atoms with Crippen LogP contribution in [0.15, 0.2) is 54.9 Å². The van der Waals surface area contributed by atoms with E-state index in [9.17, 15) is 13.2 Å². The Hall–Kier alpha value is -2.96. The number of aryl methyl sites for hydroxylation is 1. The fraction of sp³-hybridized carbons (Fsp3) is 0.118. The lowest BCUT2D eigenvalue weighted by Crippen LogP contribution is -2.05. The van der Waals surface area contributed by atoms with Gasteiger partial charge in [0.2, 0.25) is 0 Å². The molecule has 2 aromatic carbocycles. The Labute approximate surface area is 136 Å². The average molecular weight is 333 g/mol. The van der Waals surface area contributed by atoms with Crippen LogP contribution in [0, 0.1) is 6.92 Å². The summed E-state index contributed by atoms with van der Waals surface area (Å²) in [7, 11) is 0. The number of anilines is 1. The fourth-order valence-corrected chi connectivity index (χ4v) is 2.31. The summed E-state index contributed by atoms with van der Waals surface area (Å²) in [6.45, 7) is 1.81. The summed E-state index contributed by atoms with van der Waals surface area (Å²) in [5.41, 5.74) is 6.09. The van der Waals surface area contributed by atoms with Gasteiger partial charge in [0.1, 0.15) is 11.6 Å². The van der Waals surface area contributed by atoms with Crippen LogP contribution in [0.25, 0.3) is 5.69 Å². The van der Waals surface area contributed by atoms with Crippen LogP contribution in [-0.2, 0) is 6.18 Å². The number of ether oxygens (including phenoxy) is 1. The molecule has 0 saturated carbocycles. The molecular weight excluding hydrogens is 319 g/mol. The Morgan fingerprint density at radius 2 is 1.92 bits per heavy atom. The highest BCUT2D eigenvalue weighted by Crippen LogP contribution is 2.35. The van der Waals surface area contributed by atoms with E-state index in [1.807, 2.05) is 6.92 Å². The van der Waals surface area contributed by atoms with Crippen molar-refractivity contribution in [2.24, 2.45) is 0 Å². The molecule has 4 nitrogen and oxygen atoms in total. The third-order valence-electron chi connectivity index (χ3n) is 3.46. The highest BCUT2D eigenvalue weighted by Gasteiger charge is 2.30. The molecule has 0 atom stereocenters. The minimum absolute atomic E-state index is 0.0782. The van der Waals surface area contributed by atoms with Crippen LogP contribution in [0.3, 0.4) is 0 Å². The lowest BCUT2D eigenvalue weighted by molar-refractivity contribution is -0.137. The topological polar surface area (TPSA) is 53.1 Å². The Morgan fingerprint density at radius 3 is 2.58 bits per heavy atom. The first-order valence-corrected chi connectivity index (χ1v) is 7.09. The molecule has 1 aromatic heterocycles. The molecule has 0 amide bonds. The molecule has 0 aliphatic carbocycles. The molecule has 0 aliphatic rings. The van der Waals surface area contributed by atoms with Crippen molar-refractivity contribution in [2.75, 3.05) is 5.73 Å². The molecule has 0 aliphatic heterocycles. The number of hydrogen-bond acceptors (Lipinski definition) is 3. The first-order chi connectivity index (χ1) is 11.3. The summed E-state index contributed by atoms with van der Waals surface area (Å²) in [6, 6.07) is 9.69. The van der Waals surface area contributed by atoms with Crippen molar-refractivity contribution in [2.45, 2.75) is 13.1 Å². The lowest BCUT2D eigenvalue weighted by Gasteiger charge is -2.15. The van der Waals surface area contributed by atoms with Crippen LogP contribution in [0.1, 0.15) is 11.4 Å². The second kappa shape index (κ2) is 5.92. The third-order valence-corrected chi connectivity index (χ3v) is 3.46. The van der Waals surface area contributed by atoms with Crippen LogP contribution in [0.2, 0.25) is 0 Å². The first-order valence-electron chi connectivity index (χ1n) is 7.09. The number of imidazole rings is 1. The minimum Gasteiger partial charge on any atom is -0.455 e. The molecule has 2 N–H and O–H groups in total. The van der Waals surface area contributed by atoms with Gasteiger partial charge in [-0.15, -0.1) is 0 Å². The van der Waals surface area contributed by atoms with Crippen molar-refractivity contribution in [3.05, 3.63) is 66.2 Å². The molecule has 1 heterocycles. The fourth-order valence-electron chi connectivity index (χ4n) is 2.31. The van der Waals surface area contributed by atoms with E-state index in [-0.39, 0.29) is 5.75 Å². The van der Waals surface area contributed by atoms with E-state index in [1.54, 1.807) is 35.2 Å². The number of alkyl halides is 3. The SMILES string of the molecule is Cc1nccn1-c1ccc(N)cc1Oc1cccc(C(F)(F)F)c1. The Balaban J connectivity index is 2.02. The molecule has 124 valence electrons. The van der Waals surface area contributed by atoms with Gasteiger partial charge in [-0.25, -0.2) is 4.98 Å². The summed E-state index contributed by atoms with van der Waals surface area (Å²) in [4.78, 5) is 4.14. The number of halogens is 3. The second-order valence-corrected chi connectivity index (χ2v) is 5.20. The van der Waals surface area contributed by atoms with Gasteiger partial charge in [-0.1, -0.05) is 6.07 Å². The number of rotatable bonds is 3. The zero-order chi connectivity index (χ0) is 17.3. The van der Waals surface area contributed by atoms with Crippen molar-refractivity contribution in [1.29, 1.82) is 0 Å². The minimum atomic E-state index is -4.43. The maximum atomic E-state index is 12.8. The summed E-state index contributed by atoms with van der Waals surface area (Å²) in [5, 5.41) is 0. The van der Waals surface area contributed by atoms with Gasteiger partial charge in [0.05, 0.1) is 11.3 Å². The van der Waals surface area contributed by atoms with Gasteiger partial charge in [0.25, 0.3) is 0 Å². The predicted octanol–water partition coefficient (Wildman–Crippen LogP) is 4.57. The maximum absolute atomic E-state index is 12.8. The summed E-state index contributed by atoms with van der Waals surface area (Å²) in [6.07, 6.45) is -1.07. The summed E-state index contributed by atoms with van der Waals surface area (Å²) >= 11 is 0. The highest BCUT2D eigenvalue weighted by atomic mass is 19.4. The van der Waals surface area contributed by atoms with E-state index in [0.29, 0.717) is 22.9 Å². The Morgan fingerprint density at radius 1 is 1.12 bits per heavy atom. The van der Waals surface area contributed by atoms with Gasteiger partial charge in [-0.3, -0.25) is 0 Å². The van der Waals surface area contributed by atoms with Crippen LogP contribution >= 0.6 is 0 Å². The molecule has 0 saturated heterocycles. The summed E-state index contributed by atoms with van der Waals surface area (Å²) < 4.78 is 46.0. The van der Waals surface area contributed by atoms with Crippen LogP contribution in [-0.4, -0.2) is 9.55 Å². The van der Waals surface area contributed by atoms with Crippen LogP contribution in [0.5, 0.6) is 11.5 Å². The Kier molecular flexibility index (Phi) is 3.92. The van der Waals surface area contributed by atoms with E-state index in [4.69, 9.17) is 10.5 Å². The third kappa shape index (κ3) is 3.19. The van der Waals surface area contributed by atoms with Crippen LogP contribution in [0.4, 0.5) is 18.9 Å². The average Bonchev–Trinajstić information content (AvgIpc) is 2.93. The van der Waals surface area contributed by atoms with Crippen molar-refractivity contribution < 1.29 is 17.9 Å². The molecule has 7 heteroatoms.